The topological polar surface area (TPSA) is 44.8 Å². The Morgan fingerprint density at radius 2 is 1.86 bits per heavy atom. The van der Waals surface area contributed by atoms with E-state index in [9.17, 15) is 4.79 Å². The van der Waals surface area contributed by atoms with Gasteiger partial charge in [-0.15, -0.1) is 0 Å². The maximum absolute atomic E-state index is 12.3. The van der Waals surface area contributed by atoms with Gasteiger partial charge in [0, 0.05) is 5.92 Å². The highest BCUT2D eigenvalue weighted by molar-refractivity contribution is 6.74. The Hall–Kier alpha value is -2.11. The van der Waals surface area contributed by atoms with E-state index in [-0.39, 0.29) is 22.8 Å². The van der Waals surface area contributed by atoms with Crippen LogP contribution in [0, 0.1) is 11.8 Å². The van der Waals surface area contributed by atoms with Crippen LogP contribution in [0.3, 0.4) is 0 Å². The molecule has 0 aromatic heterocycles. The van der Waals surface area contributed by atoms with Crippen LogP contribution < -0.4 is 0 Å². The van der Waals surface area contributed by atoms with Gasteiger partial charge in [-0.05, 0) is 35.7 Å². The molecule has 1 aromatic rings. The van der Waals surface area contributed by atoms with Gasteiger partial charge in [0.1, 0.15) is 0 Å². The molecule has 29 heavy (non-hydrogen) atoms. The third kappa shape index (κ3) is 4.56. The number of rotatable bonds is 5. The molecule has 0 radical (unpaired) electrons. The minimum absolute atomic E-state index is 0.0152. The number of esters is 1. The summed E-state index contributed by atoms with van der Waals surface area (Å²) in [7, 11) is -0.636. The van der Waals surface area contributed by atoms with Crippen molar-refractivity contribution in [3.05, 3.63) is 65.5 Å². The minimum atomic E-state index is -2.05. The first-order valence-electron chi connectivity index (χ1n) is 10.2. The number of fused-ring (bicyclic) bond motifs is 1. The number of benzene rings is 1. The molecule has 0 saturated carbocycles. The van der Waals surface area contributed by atoms with Crippen LogP contribution in [0.25, 0.3) is 6.08 Å². The number of hydrogen-bond acceptors (Lipinski definition) is 4. The van der Waals surface area contributed by atoms with Crippen LogP contribution in [0.1, 0.15) is 32.8 Å². The molecule has 4 nitrogen and oxygen atoms in total. The van der Waals surface area contributed by atoms with Crippen molar-refractivity contribution < 1.29 is 18.7 Å². The summed E-state index contributed by atoms with van der Waals surface area (Å²) in [6.07, 6.45) is 8.37. The number of ether oxygens (including phenoxy) is 2. The molecular weight excluding hydrogens is 380 g/mol. The summed E-state index contributed by atoms with van der Waals surface area (Å²) >= 11 is 0. The van der Waals surface area contributed by atoms with E-state index >= 15 is 0 Å². The molecule has 0 amide bonds. The average Bonchev–Trinajstić information content (AvgIpc) is 3.10. The molecule has 1 heterocycles. The first kappa shape index (κ1) is 21.6. The van der Waals surface area contributed by atoms with Gasteiger partial charge in [0.05, 0.1) is 24.9 Å². The van der Waals surface area contributed by atoms with E-state index < -0.39 is 14.6 Å². The van der Waals surface area contributed by atoms with E-state index in [0.29, 0.717) is 5.57 Å². The smallest absolute Gasteiger partial charge is 0.337 e. The second-order valence-corrected chi connectivity index (χ2v) is 14.0. The number of methoxy groups -OCH3 is 1. The fourth-order valence-electron chi connectivity index (χ4n) is 3.58. The normalized spacial score (nSPS) is 24.6. The van der Waals surface area contributed by atoms with Gasteiger partial charge in [-0.1, -0.05) is 69.3 Å². The lowest BCUT2D eigenvalue weighted by Crippen LogP contribution is -2.48. The van der Waals surface area contributed by atoms with E-state index in [0.717, 1.165) is 17.6 Å². The Morgan fingerprint density at radius 1 is 1.17 bits per heavy atom. The number of carbonyl (C=O) groups excluding carboxylic acids is 1. The Kier molecular flexibility index (Phi) is 6.20. The lowest BCUT2D eigenvalue weighted by atomic mass is 9.83. The molecule has 0 saturated heterocycles. The van der Waals surface area contributed by atoms with E-state index in [4.69, 9.17) is 13.9 Å². The highest BCUT2D eigenvalue weighted by Crippen LogP contribution is 2.47. The SMILES string of the molecule is COC(=O)C1=COC(O[Si](C)(C)C(C)(C)C)C2C(/C=C/c3ccccc3)=CCC12. The van der Waals surface area contributed by atoms with Crippen LogP contribution in [0.15, 0.2) is 59.9 Å². The van der Waals surface area contributed by atoms with Crippen molar-refractivity contribution in [3.8, 4) is 0 Å². The second kappa shape index (κ2) is 8.32. The molecular formula is C24H32O4Si. The zero-order valence-corrected chi connectivity index (χ0v) is 19.3. The van der Waals surface area contributed by atoms with Gasteiger partial charge in [0.2, 0.25) is 0 Å². The van der Waals surface area contributed by atoms with E-state index in [2.05, 4.69) is 64.2 Å². The van der Waals surface area contributed by atoms with Crippen LogP contribution in [0.2, 0.25) is 18.1 Å². The van der Waals surface area contributed by atoms with Crippen molar-refractivity contribution in [2.24, 2.45) is 11.8 Å². The zero-order chi connectivity index (χ0) is 21.2. The zero-order valence-electron chi connectivity index (χ0n) is 18.3. The maximum atomic E-state index is 12.3. The molecule has 0 N–H and O–H groups in total. The standard InChI is InChI=1S/C24H32O4Si/c1-24(2,3)29(5,6)28-23-21-18(13-12-17-10-8-7-9-11-17)14-15-19(21)20(16-27-23)22(25)26-4/h7-14,16,19,21,23H,15H2,1-6H3/b13-12+. The quantitative estimate of drug-likeness (QED) is 0.460. The largest absolute Gasteiger partial charge is 0.472 e. The highest BCUT2D eigenvalue weighted by atomic mass is 28.4. The molecule has 1 aliphatic heterocycles. The molecule has 3 unspecified atom stereocenters. The predicted octanol–water partition coefficient (Wildman–Crippen LogP) is 5.70. The van der Waals surface area contributed by atoms with Gasteiger partial charge in [-0.2, -0.15) is 0 Å². The van der Waals surface area contributed by atoms with Crippen molar-refractivity contribution >= 4 is 20.4 Å². The Balaban J connectivity index is 1.90. The summed E-state index contributed by atoms with van der Waals surface area (Å²) in [6, 6.07) is 10.2. The summed E-state index contributed by atoms with van der Waals surface area (Å²) in [5.41, 5.74) is 2.88. The molecule has 0 spiro atoms. The van der Waals surface area contributed by atoms with Crippen LogP contribution in [-0.2, 0) is 18.7 Å². The first-order valence-corrected chi connectivity index (χ1v) is 13.1. The fourth-order valence-corrected chi connectivity index (χ4v) is 4.72. The molecule has 3 atom stereocenters. The number of hydrogen-bond donors (Lipinski definition) is 0. The molecule has 3 rings (SSSR count). The molecule has 1 aliphatic carbocycles. The van der Waals surface area contributed by atoms with Gasteiger partial charge in [0.15, 0.2) is 14.6 Å². The van der Waals surface area contributed by atoms with Gasteiger partial charge in [0.25, 0.3) is 0 Å². The Bertz CT molecular complexity index is 830. The maximum Gasteiger partial charge on any atom is 0.337 e. The molecule has 0 bridgehead atoms. The molecule has 1 aromatic carbocycles. The monoisotopic (exact) mass is 412 g/mol. The van der Waals surface area contributed by atoms with E-state index in [1.165, 1.54) is 7.11 Å². The molecule has 0 fully saturated rings. The van der Waals surface area contributed by atoms with Gasteiger partial charge in [-0.25, -0.2) is 4.79 Å². The molecule has 5 heteroatoms. The highest BCUT2D eigenvalue weighted by Gasteiger charge is 2.48. The van der Waals surface area contributed by atoms with Gasteiger partial charge < -0.3 is 13.9 Å². The van der Waals surface area contributed by atoms with Crippen LogP contribution in [0.5, 0.6) is 0 Å². The van der Waals surface area contributed by atoms with Gasteiger partial charge in [-0.3, -0.25) is 0 Å². The summed E-state index contributed by atoms with van der Waals surface area (Å²) in [4.78, 5) is 12.3. The molecule has 156 valence electrons. The van der Waals surface area contributed by atoms with Crippen molar-refractivity contribution in [2.75, 3.05) is 7.11 Å². The fraction of sp³-hybridized carbons (Fsp3) is 0.458. The van der Waals surface area contributed by atoms with Crippen molar-refractivity contribution in [1.29, 1.82) is 0 Å². The number of carbonyl (C=O) groups is 1. The van der Waals surface area contributed by atoms with Gasteiger partial charge >= 0.3 is 5.97 Å². The lowest BCUT2D eigenvalue weighted by Gasteiger charge is -2.43. The lowest BCUT2D eigenvalue weighted by molar-refractivity contribution is -0.140. The van der Waals surface area contributed by atoms with Crippen LogP contribution in [0.4, 0.5) is 0 Å². The van der Waals surface area contributed by atoms with Crippen molar-refractivity contribution in [3.63, 3.8) is 0 Å². The summed E-state index contributed by atoms with van der Waals surface area (Å²) < 4.78 is 17.7. The van der Waals surface area contributed by atoms with Crippen LogP contribution >= 0.6 is 0 Å². The third-order valence-electron chi connectivity index (χ3n) is 6.35. The van der Waals surface area contributed by atoms with E-state index in [1.807, 2.05) is 18.2 Å². The summed E-state index contributed by atoms with van der Waals surface area (Å²) in [5.74, 6) is -0.336. The number of allylic oxidation sites excluding steroid dienone is 2. The minimum Gasteiger partial charge on any atom is -0.472 e. The summed E-state index contributed by atoms with van der Waals surface area (Å²) in [6.45, 7) is 11.1. The van der Waals surface area contributed by atoms with Crippen molar-refractivity contribution in [2.45, 2.75) is 51.6 Å². The average molecular weight is 413 g/mol. The third-order valence-corrected chi connectivity index (χ3v) is 10.8. The predicted molar refractivity (Wildman–Crippen MR) is 118 cm³/mol. The summed E-state index contributed by atoms with van der Waals surface area (Å²) in [5, 5.41) is 0.0700. The first-order chi connectivity index (χ1) is 13.6. The second-order valence-electron chi connectivity index (χ2n) is 9.26. The van der Waals surface area contributed by atoms with Crippen LogP contribution in [-0.4, -0.2) is 27.7 Å². The van der Waals surface area contributed by atoms with E-state index in [1.54, 1.807) is 6.26 Å². The Labute approximate surface area is 175 Å². The Morgan fingerprint density at radius 3 is 2.48 bits per heavy atom. The molecule has 2 aliphatic rings. The van der Waals surface area contributed by atoms with Crippen molar-refractivity contribution in [1.82, 2.24) is 0 Å².